The summed E-state index contributed by atoms with van der Waals surface area (Å²) in [7, 11) is 1.53. The van der Waals surface area contributed by atoms with Gasteiger partial charge in [0.25, 0.3) is 17.7 Å². The van der Waals surface area contributed by atoms with Gasteiger partial charge in [0.15, 0.2) is 0 Å². The number of nitrogens with one attached hydrogen (secondary N) is 1. The number of benzene rings is 2. The van der Waals surface area contributed by atoms with E-state index in [1.165, 1.54) is 31.4 Å². The van der Waals surface area contributed by atoms with Gasteiger partial charge in [-0.05, 0) is 37.6 Å². The van der Waals surface area contributed by atoms with Crippen molar-refractivity contribution in [2.75, 3.05) is 20.3 Å². The number of halogens is 2. The summed E-state index contributed by atoms with van der Waals surface area (Å²) in [5.41, 5.74) is 0.691. The zero-order valence-corrected chi connectivity index (χ0v) is 16.0. The third-order valence-electron chi connectivity index (χ3n) is 4.74. The van der Waals surface area contributed by atoms with Crippen molar-refractivity contribution in [2.24, 2.45) is 0 Å². The zero-order chi connectivity index (χ0) is 21.1. The quantitative estimate of drug-likeness (QED) is 0.571. The number of ether oxygens (including phenoxy) is 1. The van der Waals surface area contributed by atoms with Gasteiger partial charge >= 0.3 is 0 Å². The minimum Gasteiger partial charge on any atom is -0.385 e. The molecule has 2 aromatic carbocycles. The van der Waals surface area contributed by atoms with Crippen molar-refractivity contribution in [3.05, 3.63) is 70.3 Å². The van der Waals surface area contributed by atoms with Gasteiger partial charge in [-0.2, -0.15) is 0 Å². The first-order chi connectivity index (χ1) is 13.8. The van der Waals surface area contributed by atoms with Crippen LogP contribution in [0.4, 0.5) is 8.78 Å². The Morgan fingerprint density at radius 2 is 1.83 bits per heavy atom. The summed E-state index contributed by atoms with van der Waals surface area (Å²) in [6.07, 6.45) is 0.510. The highest BCUT2D eigenvalue weighted by molar-refractivity contribution is 6.22. The lowest BCUT2D eigenvalue weighted by atomic mass is 10.0. The fraction of sp³-hybridized carbons (Fsp3) is 0.286. The molecular weight excluding hydrogens is 382 g/mol. The molecule has 2 aromatic rings. The molecule has 0 aliphatic carbocycles. The van der Waals surface area contributed by atoms with Crippen molar-refractivity contribution >= 4 is 17.7 Å². The van der Waals surface area contributed by atoms with Crippen molar-refractivity contribution in [2.45, 2.75) is 19.4 Å². The molecule has 152 valence electrons. The van der Waals surface area contributed by atoms with Gasteiger partial charge in [0.1, 0.15) is 11.6 Å². The van der Waals surface area contributed by atoms with E-state index in [0.29, 0.717) is 13.0 Å². The van der Waals surface area contributed by atoms with Gasteiger partial charge in [0.2, 0.25) is 0 Å². The molecule has 1 atom stereocenters. The SMILES string of the molecule is COCCCN1C(=O)c2ccc(C(=O)N[C@@H](C)c3ccc(F)cc3F)cc2C1=O. The minimum absolute atomic E-state index is 0.136. The smallest absolute Gasteiger partial charge is 0.261 e. The number of imide groups is 1. The Morgan fingerprint density at radius 3 is 2.52 bits per heavy atom. The molecule has 29 heavy (non-hydrogen) atoms. The van der Waals surface area contributed by atoms with Gasteiger partial charge in [0, 0.05) is 37.5 Å². The van der Waals surface area contributed by atoms with Crippen LogP contribution < -0.4 is 5.32 Å². The van der Waals surface area contributed by atoms with Crippen LogP contribution >= 0.6 is 0 Å². The first kappa shape index (κ1) is 20.6. The van der Waals surface area contributed by atoms with E-state index >= 15 is 0 Å². The van der Waals surface area contributed by atoms with Gasteiger partial charge in [-0.25, -0.2) is 8.78 Å². The van der Waals surface area contributed by atoms with Crippen LogP contribution in [0.25, 0.3) is 0 Å². The van der Waals surface area contributed by atoms with Gasteiger partial charge in [0.05, 0.1) is 17.2 Å². The zero-order valence-electron chi connectivity index (χ0n) is 16.0. The molecule has 3 rings (SSSR count). The molecule has 0 unspecified atom stereocenters. The molecule has 1 aliphatic rings. The molecule has 0 fully saturated rings. The maximum absolute atomic E-state index is 13.9. The second kappa shape index (κ2) is 8.48. The predicted octanol–water partition coefficient (Wildman–Crippen LogP) is 3.09. The number of hydrogen-bond acceptors (Lipinski definition) is 4. The minimum atomic E-state index is -0.765. The van der Waals surface area contributed by atoms with Crippen molar-refractivity contribution in [1.29, 1.82) is 0 Å². The number of carbonyl (C=O) groups excluding carboxylic acids is 3. The highest BCUT2D eigenvalue weighted by Crippen LogP contribution is 2.25. The molecule has 0 radical (unpaired) electrons. The van der Waals surface area contributed by atoms with Crippen LogP contribution in [0.15, 0.2) is 36.4 Å². The lowest BCUT2D eigenvalue weighted by molar-refractivity contribution is 0.0638. The number of rotatable bonds is 7. The summed E-state index contributed by atoms with van der Waals surface area (Å²) in [5.74, 6) is -2.88. The molecule has 3 amide bonds. The number of methoxy groups -OCH3 is 1. The van der Waals surface area contributed by atoms with Crippen molar-refractivity contribution in [3.63, 3.8) is 0 Å². The van der Waals surface area contributed by atoms with Crippen molar-refractivity contribution in [1.82, 2.24) is 10.2 Å². The summed E-state index contributed by atoms with van der Waals surface area (Å²) >= 11 is 0. The first-order valence-electron chi connectivity index (χ1n) is 9.08. The largest absolute Gasteiger partial charge is 0.385 e. The van der Waals surface area contributed by atoms with Crippen LogP contribution in [0.3, 0.4) is 0 Å². The maximum atomic E-state index is 13.9. The van der Waals surface area contributed by atoms with Crippen LogP contribution in [-0.2, 0) is 4.74 Å². The Bertz CT molecular complexity index is 977. The van der Waals surface area contributed by atoms with Gasteiger partial charge in [-0.3, -0.25) is 19.3 Å². The molecule has 1 heterocycles. The molecule has 0 saturated heterocycles. The van der Waals surface area contributed by atoms with E-state index in [0.717, 1.165) is 17.0 Å². The van der Waals surface area contributed by atoms with E-state index in [1.54, 1.807) is 6.92 Å². The Hall–Kier alpha value is -3.13. The van der Waals surface area contributed by atoms with Gasteiger partial charge < -0.3 is 10.1 Å². The van der Waals surface area contributed by atoms with E-state index in [9.17, 15) is 23.2 Å². The van der Waals surface area contributed by atoms with E-state index in [2.05, 4.69) is 5.32 Å². The molecule has 1 aliphatic heterocycles. The first-order valence-corrected chi connectivity index (χ1v) is 9.08. The average Bonchev–Trinajstić information content (AvgIpc) is 2.92. The summed E-state index contributed by atoms with van der Waals surface area (Å²) in [6.45, 7) is 2.20. The lowest BCUT2D eigenvalue weighted by Gasteiger charge is -2.15. The Balaban J connectivity index is 1.76. The van der Waals surface area contributed by atoms with Crippen LogP contribution in [0, 0.1) is 11.6 Å². The normalized spacial score (nSPS) is 14.1. The van der Waals surface area contributed by atoms with Crippen LogP contribution in [-0.4, -0.2) is 42.9 Å². The van der Waals surface area contributed by atoms with E-state index in [4.69, 9.17) is 4.74 Å². The third-order valence-corrected chi connectivity index (χ3v) is 4.74. The summed E-state index contributed by atoms with van der Waals surface area (Å²) in [6, 6.07) is 6.62. The number of fused-ring (bicyclic) bond motifs is 1. The maximum Gasteiger partial charge on any atom is 0.261 e. The van der Waals surface area contributed by atoms with E-state index in [1.807, 2.05) is 0 Å². The van der Waals surface area contributed by atoms with E-state index in [-0.39, 0.29) is 28.8 Å². The monoisotopic (exact) mass is 402 g/mol. The Labute approximate surface area is 166 Å². The second-order valence-corrected chi connectivity index (χ2v) is 6.73. The standard InChI is InChI=1S/C21H20F2N2O4/c1-12(15-7-5-14(22)11-18(15)23)24-19(26)13-4-6-16-17(10-13)21(28)25(20(16)27)8-3-9-29-2/h4-7,10-12H,3,8-9H2,1-2H3,(H,24,26)/t12-/m0/s1. The molecular formula is C21H20F2N2O4. The fourth-order valence-electron chi connectivity index (χ4n) is 3.21. The third kappa shape index (κ3) is 4.17. The topological polar surface area (TPSA) is 75.7 Å². The molecule has 0 saturated carbocycles. The van der Waals surface area contributed by atoms with Gasteiger partial charge in [-0.1, -0.05) is 6.07 Å². The molecule has 8 heteroatoms. The van der Waals surface area contributed by atoms with Crippen molar-refractivity contribution in [3.8, 4) is 0 Å². The number of hydrogen-bond donors (Lipinski definition) is 1. The number of carbonyl (C=O) groups is 3. The molecule has 1 N–H and O–H groups in total. The van der Waals surface area contributed by atoms with Crippen LogP contribution in [0.1, 0.15) is 56.0 Å². The Morgan fingerprint density at radius 1 is 1.10 bits per heavy atom. The second-order valence-electron chi connectivity index (χ2n) is 6.73. The number of nitrogens with zero attached hydrogens (tertiary/aromatic N) is 1. The van der Waals surface area contributed by atoms with Crippen LogP contribution in [0.2, 0.25) is 0 Å². The summed E-state index contributed by atoms with van der Waals surface area (Å²) in [5, 5.41) is 2.62. The highest BCUT2D eigenvalue weighted by atomic mass is 19.1. The molecule has 6 nitrogen and oxygen atoms in total. The van der Waals surface area contributed by atoms with Crippen molar-refractivity contribution < 1.29 is 27.9 Å². The molecule has 0 aromatic heterocycles. The average molecular weight is 402 g/mol. The van der Waals surface area contributed by atoms with Crippen LogP contribution in [0.5, 0.6) is 0 Å². The number of amides is 3. The van der Waals surface area contributed by atoms with Gasteiger partial charge in [-0.15, -0.1) is 0 Å². The fourth-order valence-corrected chi connectivity index (χ4v) is 3.21. The van der Waals surface area contributed by atoms with E-state index < -0.39 is 35.4 Å². The highest BCUT2D eigenvalue weighted by Gasteiger charge is 2.35. The summed E-state index contributed by atoms with van der Waals surface area (Å²) < 4.78 is 31.9. The Kier molecular flexibility index (Phi) is 6.03. The predicted molar refractivity (Wildman–Crippen MR) is 101 cm³/mol. The molecule has 0 spiro atoms. The summed E-state index contributed by atoms with van der Waals surface area (Å²) in [4.78, 5) is 38.6. The molecule has 0 bridgehead atoms. The lowest BCUT2D eigenvalue weighted by Crippen LogP contribution is -2.31.